The molecule has 5 amide bonds. The Hall–Kier alpha value is -2.36. The van der Waals surface area contributed by atoms with Crippen molar-refractivity contribution in [3.63, 3.8) is 0 Å². The number of hydrogen-bond acceptors (Lipinski definition) is 5. The van der Waals surface area contributed by atoms with Crippen LogP contribution in [0, 0.1) is 5.92 Å². The number of nitrogens with one attached hydrogen (secondary N) is 4. The summed E-state index contributed by atoms with van der Waals surface area (Å²) >= 11 is 0. The van der Waals surface area contributed by atoms with E-state index in [1.54, 1.807) is 30.8 Å². The van der Waals surface area contributed by atoms with Crippen molar-refractivity contribution in [3.05, 3.63) is 0 Å². The fourth-order valence-corrected chi connectivity index (χ4v) is 5.32. The molecule has 2 heterocycles. The van der Waals surface area contributed by atoms with Gasteiger partial charge in [-0.1, -0.05) is 19.8 Å². The van der Waals surface area contributed by atoms with Gasteiger partial charge in [0.15, 0.2) is 0 Å². The summed E-state index contributed by atoms with van der Waals surface area (Å²) in [7, 11) is 3.22. The Morgan fingerprint density at radius 2 is 1.73 bits per heavy atom. The zero-order chi connectivity index (χ0) is 24.1. The highest BCUT2D eigenvalue weighted by molar-refractivity contribution is 5.94. The molecule has 4 N–H and O–H groups in total. The second-order valence-electron chi connectivity index (χ2n) is 9.73. The molecule has 0 bridgehead atoms. The molecule has 33 heavy (non-hydrogen) atoms. The lowest BCUT2D eigenvalue weighted by molar-refractivity contribution is -0.145. The average Bonchev–Trinajstić information content (AvgIpc) is 3.23. The Balaban J connectivity index is 1.79. The molecule has 3 aliphatic rings. The van der Waals surface area contributed by atoms with E-state index in [0.29, 0.717) is 31.7 Å². The first-order valence-corrected chi connectivity index (χ1v) is 12.3. The molecule has 186 valence electrons. The van der Waals surface area contributed by atoms with Gasteiger partial charge in [0.2, 0.25) is 17.7 Å². The predicted molar refractivity (Wildman–Crippen MR) is 124 cm³/mol. The molecule has 10 nitrogen and oxygen atoms in total. The number of urea groups is 1. The zero-order valence-electron chi connectivity index (χ0n) is 20.4. The molecule has 6 atom stereocenters. The summed E-state index contributed by atoms with van der Waals surface area (Å²) in [5.41, 5.74) is 0. The highest BCUT2D eigenvalue weighted by atomic mass is 16.2. The highest BCUT2D eigenvalue weighted by Crippen LogP contribution is 2.30. The van der Waals surface area contributed by atoms with E-state index in [-0.39, 0.29) is 42.4 Å². The maximum absolute atomic E-state index is 13.7. The van der Waals surface area contributed by atoms with E-state index in [0.717, 1.165) is 19.3 Å². The molecular weight excluding hydrogens is 424 g/mol. The van der Waals surface area contributed by atoms with Crippen molar-refractivity contribution in [1.82, 2.24) is 31.1 Å². The quantitative estimate of drug-likeness (QED) is 0.462. The Labute approximate surface area is 196 Å². The van der Waals surface area contributed by atoms with Gasteiger partial charge in [0.05, 0.1) is 12.6 Å². The van der Waals surface area contributed by atoms with E-state index in [1.807, 2.05) is 0 Å². The first kappa shape index (κ1) is 25.3. The number of fused-ring (bicyclic) bond motifs is 1. The minimum Gasteiger partial charge on any atom is -0.351 e. The highest BCUT2D eigenvalue weighted by Gasteiger charge is 2.46. The predicted octanol–water partition coefficient (Wildman–Crippen LogP) is 0.179. The zero-order valence-corrected chi connectivity index (χ0v) is 20.4. The van der Waals surface area contributed by atoms with Gasteiger partial charge in [0, 0.05) is 25.7 Å². The van der Waals surface area contributed by atoms with E-state index in [1.165, 1.54) is 6.42 Å². The molecule has 0 aromatic rings. The second kappa shape index (κ2) is 11.2. The Morgan fingerprint density at radius 3 is 2.39 bits per heavy atom. The van der Waals surface area contributed by atoms with Crippen LogP contribution in [0.3, 0.4) is 0 Å². The summed E-state index contributed by atoms with van der Waals surface area (Å²) in [6.07, 6.45) is 6.29. The summed E-state index contributed by atoms with van der Waals surface area (Å²) < 4.78 is 0. The summed E-state index contributed by atoms with van der Waals surface area (Å²) in [5.74, 6) is -0.276. The lowest BCUT2D eigenvalue weighted by Gasteiger charge is -2.39. The van der Waals surface area contributed by atoms with Crippen LogP contribution in [-0.4, -0.2) is 90.9 Å². The van der Waals surface area contributed by atoms with Gasteiger partial charge in [-0.15, -0.1) is 0 Å². The maximum atomic E-state index is 13.7. The Bertz CT molecular complexity index is 746. The standard InChI is InChI=1S/C23H40N6O4/c1-14-7-5-6-8-17(14)26-21(31)19-10-9-16-11-12-28(23(33)25-4)13-18(22(32)29(16)19)27-20(30)15(2)24-3/h14-19,24H,5-13H2,1-4H3,(H,25,33)(H,26,31)(H,27,30). The van der Waals surface area contributed by atoms with E-state index < -0.39 is 18.1 Å². The molecule has 2 aliphatic heterocycles. The van der Waals surface area contributed by atoms with Gasteiger partial charge in [-0.25, -0.2) is 4.79 Å². The van der Waals surface area contributed by atoms with Crippen LogP contribution >= 0.6 is 0 Å². The number of carbonyl (C=O) groups is 4. The van der Waals surface area contributed by atoms with Gasteiger partial charge in [-0.05, 0) is 52.0 Å². The third kappa shape index (κ3) is 5.77. The topological polar surface area (TPSA) is 123 Å². The lowest BCUT2D eigenvalue weighted by atomic mass is 9.86. The third-order valence-electron chi connectivity index (χ3n) is 7.58. The number of hydrogen-bond donors (Lipinski definition) is 4. The number of amides is 5. The molecule has 2 saturated heterocycles. The fraction of sp³-hybridized carbons (Fsp3) is 0.826. The van der Waals surface area contributed by atoms with E-state index in [9.17, 15) is 19.2 Å². The maximum Gasteiger partial charge on any atom is 0.317 e. The smallest absolute Gasteiger partial charge is 0.317 e. The van der Waals surface area contributed by atoms with Gasteiger partial charge in [0.25, 0.3) is 0 Å². The minimum atomic E-state index is -0.907. The fourth-order valence-electron chi connectivity index (χ4n) is 5.32. The van der Waals surface area contributed by atoms with Gasteiger partial charge in [-0.2, -0.15) is 0 Å². The summed E-state index contributed by atoms with van der Waals surface area (Å²) in [6.45, 7) is 4.40. The molecular formula is C23H40N6O4. The SMILES string of the molecule is CNC(=O)N1CCC2CCC(C(=O)NC3CCCCC3C)N2C(=O)C(NC(=O)C(C)NC)C1. The van der Waals surface area contributed by atoms with E-state index in [4.69, 9.17) is 0 Å². The van der Waals surface area contributed by atoms with Crippen LogP contribution in [0.15, 0.2) is 0 Å². The normalized spacial score (nSPS) is 31.2. The number of nitrogens with zero attached hydrogens (tertiary/aromatic N) is 2. The van der Waals surface area contributed by atoms with Crippen LogP contribution in [0.1, 0.15) is 58.8 Å². The molecule has 3 rings (SSSR count). The van der Waals surface area contributed by atoms with Gasteiger partial charge >= 0.3 is 6.03 Å². The van der Waals surface area contributed by atoms with E-state index >= 15 is 0 Å². The number of likely N-dealkylation sites (N-methyl/N-ethyl adjacent to an activating group) is 1. The first-order valence-electron chi connectivity index (χ1n) is 12.3. The Kier molecular flexibility index (Phi) is 8.56. The van der Waals surface area contributed by atoms with Crippen LogP contribution in [0.4, 0.5) is 4.79 Å². The second-order valence-corrected chi connectivity index (χ2v) is 9.73. The molecule has 6 unspecified atom stereocenters. The molecule has 0 aromatic carbocycles. The minimum absolute atomic E-state index is 0.0674. The molecule has 0 spiro atoms. The van der Waals surface area contributed by atoms with Gasteiger partial charge in [-0.3, -0.25) is 14.4 Å². The average molecular weight is 465 g/mol. The largest absolute Gasteiger partial charge is 0.351 e. The van der Waals surface area contributed by atoms with Crippen LogP contribution in [-0.2, 0) is 14.4 Å². The lowest BCUT2D eigenvalue weighted by Crippen LogP contribution is -2.63. The Morgan fingerprint density at radius 1 is 1.00 bits per heavy atom. The van der Waals surface area contributed by atoms with Crippen LogP contribution in [0.2, 0.25) is 0 Å². The first-order chi connectivity index (χ1) is 15.8. The van der Waals surface area contributed by atoms with Crippen molar-refractivity contribution < 1.29 is 19.2 Å². The molecule has 10 heteroatoms. The molecule has 0 aromatic heterocycles. The van der Waals surface area contributed by atoms with Crippen molar-refractivity contribution in [3.8, 4) is 0 Å². The van der Waals surface area contributed by atoms with Gasteiger partial charge < -0.3 is 31.1 Å². The molecule has 0 radical (unpaired) electrons. The van der Waals surface area contributed by atoms with Crippen molar-refractivity contribution in [1.29, 1.82) is 0 Å². The number of carbonyl (C=O) groups excluding carboxylic acids is 4. The summed E-state index contributed by atoms with van der Waals surface area (Å²) in [4.78, 5) is 55.2. The molecule has 3 fully saturated rings. The van der Waals surface area contributed by atoms with Crippen LogP contribution < -0.4 is 21.3 Å². The summed E-state index contributed by atoms with van der Waals surface area (Å²) in [6, 6.07) is -2.20. The molecule has 1 aliphatic carbocycles. The van der Waals surface area contributed by atoms with Gasteiger partial charge in [0.1, 0.15) is 12.1 Å². The van der Waals surface area contributed by atoms with Crippen molar-refractivity contribution in [2.75, 3.05) is 27.2 Å². The van der Waals surface area contributed by atoms with E-state index in [2.05, 4.69) is 28.2 Å². The number of rotatable bonds is 5. The molecule has 1 saturated carbocycles. The van der Waals surface area contributed by atoms with Crippen molar-refractivity contribution in [2.24, 2.45) is 5.92 Å². The van der Waals surface area contributed by atoms with Crippen LogP contribution in [0.5, 0.6) is 0 Å². The van der Waals surface area contributed by atoms with Crippen molar-refractivity contribution in [2.45, 2.75) is 89.0 Å². The monoisotopic (exact) mass is 464 g/mol. The summed E-state index contributed by atoms with van der Waals surface area (Å²) in [5, 5.41) is 11.5. The van der Waals surface area contributed by atoms with Crippen LogP contribution in [0.25, 0.3) is 0 Å². The van der Waals surface area contributed by atoms with Crippen molar-refractivity contribution >= 4 is 23.8 Å². The third-order valence-corrected chi connectivity index (χ3v) is 7.58.